The van der Waals surface area contributed by atoms with Crippen molar-refractivity contribution < 1.29 is 19.4 Å². The molecule has 0 saturated carbocycles. The molecule has 0 aliphatic heterocycles. The van der Waals surface area contributed by atoms with Crippen molar-refractivity contribution in [2.24, 2.45) is 0 Å². The van der Waals surface area contributed by atoms with Gasteiger partial charge >= 0.3 is 5.97 Å². The molecule has 3 aromatic rings. The Labute approximate surface area is 175 Å². The van der Waals surface area contributed by atoms with Crippen LogP contribution in [0.2, 0.25) is 0 Å². The van der Waals surface area contributed by atoms with Crippen molar-refractivity contribution in [1.29, 1.82) is 0 Å². The van der Waals surface area contributed by atoms with Crippen LogP contribution in [0.1, 0.15) is 27.0 Å². The Morgan fingerprint density at radius 2 is 1.87 bits per heavy atom. The third-order valence-corrected chi connectivity index (χ3v) is 4.95. The van der Waals surface area contributed by atoms with E-state index in [1.807, 2.05) is 62.4 Å². The molecule has 1 aromatic heterocycles. The first kappa shape index (κ1) is 21.3. The Balaban J connectivity index is 1.99. The standard InChI is InChI=1S/C23H25N3O4/c1-15-9-10-18(11-16(15)2)21-19(22(28)24-20(14-27)23(29)30-3)13-26(25-21)12-17-7-5-4-6-8-17/h4-11,13,20,27H,12,14H2,1-3H3,(H,24,28)/t20-/m1/s1. The zero-order chi connectivity index (χ0) is 21.7. The fraction of sp³-hybridized carbons (Fsp3) is 0.261. The van der Waals surface area contributed by atoms with Gasteiger partial charge in [-0.05, 0) is 36.6 Å². The third kappa shape index (κ3) is 4.75. The number of benzene rings is 2. The number of rotatable bonds is 7. The van der Waals surface area contributed by atoms with E-state index in [0.717, 1.165) is 22.3 Å². The van der Waals surface area contributed by atoms with Gasteiger partial charge < -0.3 is 15.2 Å². The van der Waals surface area contributed by atoms with E-state index in [1.165, 1.54) is 7.11 Å². The van der Waals surface area contributed by atoms with Crippen LogP contribution in [0.15, 0.2) is 54.7 Å². The van der Waals surface area contributed by atoms with Crippen molar-refractivity contribution in [3.8, 4) is 11.3 Å². The lowest BCUT2D eigenvalue weighted by molar-refractivity contribution is -0.143. The van der Waals surface area contributed by atoms with Gasteiger partial charge in [0, 0.05) is 11.8 Å². The maximum atomic E-state index is 13.0. The molecule has 3 rings (SSSR count). The predicted octanol–water partition coefficient (Wildman–Crippen LogP) is 2.48. The molecule has 0 aliphatic rings. The number of aliphatic hydroxyl groups excluding tert-OH is 1. The Kier molecular flexibility index (Phi) is 6.64. The first-order valence-corrected chi connectivity index (χ1v) is 9.61. The van der Waals surface area contributed by atoms with Gasteiger partial charge in [-0.25, -0.2) is 4.79 Å². The Morgan fingerprint density at radius 1 is 1.13 bits per heavy atom. The summed E-state index contributed by atoms with van der Waals surface area (Å²) in [4.78, 5) is 24.7. The number of amides is 1. The van der Waals surface area contributed by atoms with Gasteiger partial charge in [-0.3, -0.25) is 9.48 Å². The molecule has 0 spiro atoms. The predicted molar refractivity (Wildman–Crippen MR) is 113 cm³/mol. The molecule has 2 N–H and O–H groups in total. The number of hydrogen-bond acceptors (Lipinski definition) is 5. The quantitative estimate of drug-likeness (QED) is 0.587. The van der Waals surface area contributed by atoms with Crippen molar-refractivity contribution in [3.05, 3.63) is 77.0 Å². The van der Waals surface area contributed by atoms with Crippen LogP contribution >= 0.6 is 0 Å². The van der Waals surface area contributed by atoms with Crippen molar-refractivity contribution in [2.45, 2.75) is 26.4 Å². The van der Waals surface area contributed by atoms with Crippen LogP contribution in [-0.2, 0) is 16.1 Å². The molecule has 7 heteroatoms. The molecule has 1 heterocycles. The molecule has 2 aromatic carbocycles. The second-order valence-electron chi connectivity index (χ2n) is 7.11. The summed E-state index contributed by atoms with van der Waals surface area (Å²) in [6, 6.07) is 14.5. The number of nitrogens with one attached hydrogen (secondary N) is 1. The Hall–Kier alpha value is -3.45. The fourth-order valence-corrected chi connectivity index (χ4v) is 3.10. The van der Waals surface area contributed by atoms with Crippen LogP contribution in [0.5, 0.6) is 0 Å². The highest BCUT2D eigenvalue weighted by atomic mass is 16.5. The van der Waals surface area contributed by atoms with Crippen LogP contribution in [0.25, 0.3) is 11.3 Å². The number of hydrogen-bond donors (Lipinski definition) is 2. The molecular formula is C23H25N3O4. The molecule has 0 radical (unpaired) electrons. The number of carbonyl (C=O) groups excluding carboxylic acids is 2. The highest BCUT2D eigenvalue weighted by Gasteiger charge is 2.25. The van der Waals surface area contributed by atoms with Gasteiger partial charge in [-0.2, -0.15) is 5.10 Å². The molecule has 0 fully saturated rings. The number of esters is 1. The average Bonchev–Trinajstić information content (AvgIpc) is 3.17. The van der Waals surface area contributed by atoms with E-state index < -0.39 is 24.5 Å². The maximum absolute atomic E-state index is 13.0. The van der Waals surface area contributed by atoms with E-state index in [9.17, 15) is 14.7 Å². The van der Waals surface area contributed by atoms with Crippen molar-refractivity contribution in [2.75, 3.05) is 13.7 Å². The molecule has 0 unspecified atom stereocenters. The van der Waals surface area contributed by atoms with E-state index in [2.05, 4.69) is 15.2 Å². The summed E-state index contributed by atoms with van der Waals surface area (Å²) in [6.45, 7) is 3.95. The molecular weight excluding hydrogens is 382 g/mol. The largest absolute Gasteiger partial charge is 0.467 e. The number of aromatic nitrogens is 2. The molecule has 1 amide bonds. The lowest BCUT2D eigenvalue weighted by atomic mass is 10.0. The molecule has 0 saturated heterocycles. The normalized spacial score (nSPS) is 11.7. The molecule has 0 bridgehead atoms. The van der Waals surface area contributed by atoms with Crippen LogP contribution < -0.4 is 5.32 Å². The van der Waals surface area contributed by atoms with Crippen LogP contribution in [-0.4, -0.2) is 46.5 Å². The number of carbonyl (C=O) groups is 2. The van der Waals surface area contributed by atoms with Gasteiger partial charge in [0.25, 0.3) is 5.91 Å². The highest BCUT2D eigenvalue weighted by Crippen LogP contribution is 2.25. The third-order valence-electron chi connectivity index (χ3n) is 4.95. The van der Waals surface area contributed by atoms with E-state index in [0.29, 0.717) is 17.8 Å². The van der Waals surface area contributed by atoms with Crippen molar-refractivity contribution >= 4 is 11.9 Å². The zero-order valence-corrected chi connectivity index (χ0v) is 17.3. The topological polar surface area (TPSA) is 93.5 Å². The van der Waals surface area contributed by atoms with E-state index in [-0.39, 0.29) is 0 Å². The van der Waals surface area contributed by atoms with E-state index in [4.69, 9.17) is 0 Å². The number of aryl methyl sites for hydroxylation is 2. The second-order valence-corrected chi connectivity index (χ2v) is 7.11. The Bertz CT molecular complexity index is 1040. The van der Waals surface area contributed by atoms with Crippen LogP contribution in [0, 0.1) is 13.8 Å². The molecule has 1 atom stereocenters. The van der Waals surface area contributed by atoms with Gasteiger partial charge in [-0.1, -0.05) is 42.5 Å². The van der Waals surface area contributed by atoms with Gasteiger partial charge in [0.05, 0.1) is 25.8 Å². The van der Waals surface area contributed by atoms with Crippen molar-refractivity contribution in [1.82, 2.24) is 15.1 Å². The summed E-state index contributed by atoms with van der Waals surface area (Å²) in [5.74, 6) is -1.22. The van der Waals surface area contributed by atoms with Crippen LogP contribution in [0.4, 0.5) is 0 Å². The highest BCUT2D eigenvalue weighted by molar-refractivity contribution is 6.01. The van der Waals surface area contributed by atoms with Crippen molar-refractivity contribution in [3.63, 3.8) is 0 Å². The molecule has 30 heavy (non-hydrogen) atoms. The van der Waals surface area contributed by atoms with Gasteiger partial charge in [0.15, 0.2) is 6.04 Å². The Morgan fingerprint density at radius 3 is 2.50 bits per heavy atom. The summed E-state index contributed by atoms with van der Waals surface area (Å²) in [7, 11) is 1.20. The summed E-state index contributed by atoms with van der Waals surface area (Å²) in [5, 5.41) is 16.6. The van der Waals surface area contributed by atoms with Gasteiger partial charge in [0.2, 0.25) is 0 Å². The average molecular weight is 407 g/mol. The fourth-order valence-electron chi connectivity index (χ4n) is 3.10. The summed E-state index contributed by atoms with van der Waals surface area (Å²) < 4.78 is 6.33. The zero-order valence-electron chi connectivity index (χ0n) is 17.3. The number of aliphatic hydroxyl groups is 1. The summed E-state index contributed by atoms with van der Waals surface area (Å²) >= 11 is 0. The first-order chi connectivity index (χ1) is 14.4. The number of nitrogens with zero attached hydrogens (tertiary/aromatic N) is 2. The monoisotopic (exact) mass is 407 g/mol. The minimum absolute atomic E-state index is 0.316. The van der Waals surface area contributed by atoms with Gasteiger partial charge in [-0.15, -0.1) is 0 Å². The number of methoxy groups -OCH3 is 1. The second kappa shape index (κ2) is 9.37. The van der Waals surface area contributed by atoms with Gasteiger partial charge in [0.1, 0.15) is 5.69 Å². The number of ether oxygens (including phenoxy) is 1. The smallest absolute Gasteiger partial charge is 0.330 e. The minimum atomic E-state index is -1.15. The van der Waals surface area contributed by atoms with E-state index in [1.54, 1.807) is 10.9 Å². The summed E-state index contributed by atoms with van der Waals surface area (Å²) in [5.41, 5.74) is 4.89. The molecule has 7 nitrogen and oxygen atoms in total. The molecule has 0 aliphatic carbocycles. The van der Waals surface area contributed by atoms with E-state index >= 15 is 0 Å². The maximum Gasteiger partial charge on any atom is 0.330 e. The lowest BCUT2D eigenvalue weighted by Crippen LogP contribution is -2.44. The first-order valence-electron chi connectivity index (χ1n) is 9.61. The minimum Gasteiger partial charge on any atom is -0.467 e. The SMILES string of the molecule is COC(=O)[C@@H](CO)NC(=O)c1cn(Cc2ccccc2)nc1-c1ccc(C)c(C)c1. The summed E-state index contributed by atoms with van der Waals surface area (Å²) in [6.07, 6.45) is 1.65. The molecule has 156 valence electrons. The lowest BCUT2D eigenvalue weighted by Gasteiger charge is -2.13. The van der Waals surface area contributed by atoms with Crippen LogP contribution in [0.3, 0.4) is 0 Å².